The zero-order valence-corrected chi connectivity index (χ0v) is 8.40. The molecule has 0 aliphatic heterocycles. The summed E-state index contributed by atoms with van der Waals surface area (Å²) in [7, 11) is 1.87. The average Bonchev–Trinajstić information content (AvgIpc) is 2.18. The van der Waals surface area contributed by atoms with Crippen LogP contribution >= 0.6 is 0 Å². The van der Waals surface area contributed by atoms with E-state index in [9.17, 15) is 4.79 Å². The van der Waals surface area contributed by atoms with Gasteiger partial charge in [0.2, 0.25) is 0 Å². The van der Waals surface area contributed by atoms with Gasteiger partial charge in [0.25, 0.3) is 5.91 Å². The summed E-state index contributed by atoms with van der Waals surface area (Å²) < 4.78 is 1.82. The molecule has 4 nitrogen and oxygen atoms in total. The van der Waals surface area contributed by atoms with E-state index in [2.05, 4.69) is 10.5 Å². The highest BCUT2D eigenvalue weighted by Gasteiger charge is 2.06. The molecule has 1 heterocycles. The number of carbonyl (C=O) groups is 1. The normalized spacial score (nSPS) is 10.4. The van der Waals surface area contributed by atoms with Gasteiger partial charge in [-0.3, -0.25) is 4.79 Å². The van der Waals surface area contributed by atoms with E-state index >= 15 is 0 Å². The Balaban J connectivity index is 2.65. The molecule has 1 N–H and O–H groups in total. The van der Waals surface area contributed by atoms with Crippen LogP contribution in [0, 0.1) is 0 Å². The summed E-state index contributed by atoms with van der Waals surface area (Å²) in [5.41, 5.74) is 3.04. The van der Waals surface area contributed by atoms with Crippen molar-refractivity contribution in [3.05, 3.63) is 30.1 Å². The Morgan fingerprint density at radius 3 is 3.14 bits per heavy atom. The summed E-state index contributed by atoms with van der Waals surface area (Å²) in [6.07, 6.45) is 6.08. The van der Waals surface area contributed by atoms with Crippen LogP contribution in [-0.4, -0.2) is 12.1 Å². The molecule has 1 aromatic heterocycles. The first-order valence-corrected chi connectivity index (χ1v) is 4.51. The molecule has 0 bridgehead atoms. The highest BCUT2D eigenvalue weighted by molar-refractivity contribution is 5.93. The third-order valence-corrected chi connectivity index (χ3v) is 1.64. The highest BCUT2D eigenvalue weighted by Crippen LogP contribution is 1.93. The Hall–Kier alpha value is -1.71. The van der Waals surface area contributed by atoms with E-state index in [0.717, 1.165) is 6.42 Å². The van der Waals surface area contributed by atoms with Crippen molar-refractivity contribution < 1.29 is 9.36 Å². The maximum Gasteiger partial charge on any atom is 0.277 e. The van der Waals surface area contributed by atoms with Gasteiger partial charge in [0.15, 0.2) is 12.4 Å². The van der Waals surface area contributed by atoms with Crippen LogP contribution in [-0.2, 0) is 7.05 Å². The molecule has 0 spiro atoms. The van der Waals surface area contributed by atoms with Gasteiger partial charge in [-0.15, -0.1) is 0 Å². The number of nitrogens with zero attached hydrogens (tertiary/aromatic N) is 2. The monoisotopic (exact) mass is 192 g/mol. The average molecular weight is 192 g/mol. The van der Waals surface area contributed by atoms with Gasteiger partial charge in [0.1, 0.15) is 12.6 Å². The van der Waals surface area contributed by atoms with Gasteiger partial charge >= 0.3 is 0 Å². The molecule has 1 aromatic rings. The first-order chi connectivity index (χ1) is 6.74. The molecule has 1 rings (SSSR count). The summed E-state index contributed by atoms with van der Waals surface area (Å²) in [4.78, 5) is 11.4. The van der Waals surface area contributed by atoms with Gasteiger partial charge < -0.3 is 0 Å². The largest absolute Gasteiger partial charge is 0.277 e. The highest BCUT2D eigenvalue weighted by atomic mass is 16.2. The second-order valence-electron chi connectivity index (χ2n) is 2.92. The van der Waals surface area contributed by atoms with Gasteiger partial charge in [-0.05, 0) is 12.5 Å². The van der Waals surface area contributed by atoms with Crippen molar-refractivity contribution in [3.8, 4) is 0 Å². The van der Waals surface area contributed by atoms with Crippen LogP contribution in [0.15, 0.2) is 29.6 Å². The van der Waals surface area contributed by atoms with Gasteiger partial charge in [-0.2, -0.15) is 5.10 Å². The Kier molecular flexibility index (Phi) is 3.79. The summed E-state index contributed by atoms with van der Waals surface area (Å²) in [5, 5.41) is 3.76. The lowest BCUT2D eigenvalue weighted by molar-refractivity contribution is -0.671. The zero-order valence-electron chi connectivity index (χ0n) is 8.40. The van der Waals surface area contributed by atoms with Crippen molar-refractivity contribution in [3.63, 3.8) is 0 Å². The molecule has 0 radical (unpaired) electrons. The molecule has 0 aromatic carbocycles. The minimum absolute atomic E-state index is 0.189. The van der Waals surface area contributed by atoms with Crippen molar-refractivity contribution >= 4 is 12.1 Å². The minimum atomic E-state index is -0.189. The lowest BCUT2D eigenvalue weighted by atomic mass is 10.3. The maximum absolute atomic E-state index is 11.4. The molecule has 0 saturated heterocycles. The van der Waals surface area contributed by atoms with E-state index in [1.807, 2.05) is 30.8 Å². The molecular weight excluding hydrogens is 178 g/mol. The van der Waals surface area contributed by atoms with Crippen LogP contribution in [0.1, 0.15) is 23.7 Å². The molecule has 0 unspecified atom stereocenters. The predicted molar refractivity (Wildman–Crippen MR) is 53.9 cm³/mol. The van der Waals surface area contributed by atoms with E-state index in [-0.39, 0.29) is 5.91 Å². The zero-order chi connectivity index (χ0) is 10.4. The molecule has 14 heavy (non-hydrogen) atoms. The summed E-state index contributed by atoms with van der Waals surface area (Å²) in [5.74, 6) is -0.189. The quantitative estimate of drug-likeness (QED) is 0.426. The van der Waals surface area contributed by atoms with E-state index in [1.165, 1.54) is 0 Å². The van der Waals surface area contributed by atoms with Crippen LogP contribution in [0.5, 0.6) is 0 Å². The molecule has 0 aliphatic carbocycles. The fourth-order valence-corrected chi connectivity index (χ4v) is 0.982. The van der Waals surface area contributed by atoms with E-state index in [4.69, 9.17) is 0 Å². The molecule has 1 amide bonds. The number of nitrogens with one attached hydrogen (secondary N) is 1. The topological polar surface area (TPSA) is 45.3 Å². The lowest BCUT2D eigenvalue weighted by Gasteiger charge is -1.96. The molecule has 0 atom stereocenters. The van der Waals surface area contributed by atoms with Crippen molar-refractivity contribution in [2.45, 2.75) is 13.3 Å². The van der Waals surface area contributed by atoms with Crippen LogP contribution in [0.4, 0.5) is 0 Å². The van der Waals surface area contributed by atoms with Crippen molar-refractivity contribution in [1.82, 2.24) is 5.43 Å². The summed E-state index contributed by atoms with van der Waals surface area (Å²) in [6, 6.07) is 3.56. The third kappa shape index (κ3) is 2.97. The molecule has 0 saturated carbocycles. The van der Waals surface area contributed by atoms with Gasteiger partial charge in [-0.25, -0.2) is 9.99 Å². The van der Waals surface area contributed by atoms with Crippen LogP contribution in [0.25, 0.3) is 0 Å². The fourth-order valence-electron chi connectivity index (χ4n) is 0.982. The fraction of sp³-hybridized carbons (Fsp3) is 0.300. The lowest BCUT2D eigenvalue weighted by Crippen LogP contribution is -2.29. The number of carbonyl (C=O) groups excluding carboxylic acids is 1. The number of hydrogen-bond acceptors (Lipinski definition) is 2. The van der Waals surface area contributed by atoms with E-state index in [1.54, 1.807) is 18.5 Å². The first-order valence-electron chi connectivity index (χ1n) is 4.51. The SMILES string of the molecule is CC/C=N/NC(=O)c1ccc[n+](C)c1. The minimum Gasteiger partial charge on any atom is -0.267 e. The maximum atomic E-state index is 11.4. The molecular formula is C10H14N3O+. The number of hydrogen-bond donors (Lipinski definition) is 1. The number of rotatable bonds is 3. The van der Waals surface area contributed by atoms with Crippen molar-refractivity contribution in [1.29, 1.82) is 0 Å². The molecule has 74 valence electrons. The Labute approximate surface area is 83.3 Å². The smallest absolute Gasteiger partial charge is 0.267 e. The summed E-state index contributed by atoms with van der Waals surface area (Å²) in [6.45, 7) is 1.96. The first kappa shape index (κ1) is 10.4. The Morgan fingerprint density at radius 1 is 1.71 bits per heavy atom. The van der Waals surface area contributed by atoms with Gasteiger partial charge in [0, 0.05) is 12.3 Å². The molecule has 4 heteroatoms. The number of aryl methyl sites for hydroxylation is 1. The Bertz CT molecular complexity index is 347. The van der Waals surface area contributed by atoms with Crippen molar-refractivity contribution in [2.24, 2.45) is 12.1 Å². The van der Waals surface area contributed by atoms with Crippen LogP contribution in [0.2, 0.25) is 0 Å². The van der Waals surface area contributed by atoms with E-state index < -0.39 is 0 Å². The second-order valence-corrected chi connectivity index (χ2v) is 2.92. The third-order valence-electron chi connectivity index (χ3n) is 1.64. The number of amides is 1. The van der Waals surface area contributed by atoms with Crippen LogP contribution in [0.3, 0.4) is 0 Å². The van der Waals surface area contributed by atoms with E-state index in [0.29, 0.717) is 5.56 Å². The molecule has 0 fully saturated rings. The predicted octanol–water partition coefficient (Wildman–Crippen LogP) is 0.637. The molecule has 0 aliphatic rings. The van der Waals surface area contributed by atoms with Crippen molar-refractivity contribution in [2.75, 3.05) is 0 Å². The number of aromatic nitrogens is 1. The number of hydrazone groups is 1. The second kappa shape index (κ2) is 5.11. The summed E-state index contributed by atoms with van der Waals surface area (Å²) >= 11 is 0. The van der Waals surface area contributed by atoms with Gasteiger partial charge in [-0.1, -0.05) is 6.92 Å². The van der Waals surface area contributed by atoms with Crippen LogP contribution < -0.4 is 9.99 Å². The van der Waals surface area contributed by atoms with Gasteiger partial charge in [0.05, 0.1) is 0 Å². The standard InChI is InChI=1S/C10H13N3O/c1-3-6-11-12-10(14)9-5-4-7-13(2)8-9/h4-8H,3H2,1-2H3/p+1/b11-6+. The Morgan fingerprint density at radius 2 is 2.50 bits per heavy atom. The number of pyridine rings is 1.